The summed E-state index contributed by atoms with van der Waals surface area (Å²) < 4.78 is 7.37. The van der Waals surface area contributed by atoms with E-state index in [0.29, 0.717) is 12.1 Å². The molecular weight excluding hydrogens is 298 g/mol. The molecule has 0 fully saturated rings. The van der Waals surface area contributed by atoms with Crippen molar-refractivity contribution in [2.45, 2.75) is 13.5 Å². The SMILES string of the molecule is COc1ccc2ncn(C)c2c1CNC(=O)c1csc(C)c1. The van der Waals surface area contributed by atoms with Crippen molar-refractivity contribution in [3.05, 3.63) is 45.9 Å². The van der Waals surface area contributed by atoms with E-state index >= 15 is 0 Å². The van der Waals surface area contributed by atoms with E-state index in [2.05, 4.69) is 10.3 Å². The standard InChI is InChI=1S/C16H17N3O2S/c1-10-6-11(8-22-10)16(20)17-7-12-14(21-3)5-4-13-15(12)19(2)9-18-13/h4-6,8-9H,7H2,1-3H3,(H,17,20). The highest BCUT2D eigenvalue weighted by Gasteiger charge is 2.14. The number of nitrogens with zero attached hydrogens (tertiary/aromatic N) is 2. The van der Waals surface area contributed by atoms with Crippen molar-refractivity contribution >= 4 is 28.3 Å². The lowest BCUT2D eigenvalue weighted by Crippen LogP contribution is -2.23. The molecule has 22 heavy (non-hydrogen) atoms. The van der Waals surface area contributed by atoms with Gasteiger partial charge < -0.3 is 14.6 Å². The summed E-state index contributed by atoms with van der Waals surface area (Å²) in [6.45, 7) is 2.38. The lowest BCUT2D eigenvalue weighted by molar-refractivity contribution is 0.0951. The molecule has 2 heterocycles. The third-order valence-corrected chi connectivity index (χ3v) is 4.44. The molecule has 0 saturated heterocycles. The van der Waals surface area contributed by atoms with Gasteiger partial charge in [-0.3, -0.25) is 4.79 Å². The van der Waals surface area contributed by atoms with Crippen LogP contribution >= 0.6 is 11.3 Å². The maximum Gasteiger partial charge on any atom is 0.252 e. The average molecular weight is 315 g/mol. The minimum absolute atomic E-state index is 0.0782. The number of thiophene rings is 1. The number of ether oxygens (including phenoxy) is 1. The largest absolute Gasteiger partial charge is 0.496 e. The van der Waals surface area contributed by atoms with E-state index in [-0.39, 0.29) is 5.91 Å². The van der Waals surface area contributed by atoms with Crippen molar-refractivity contribution in [1.82, 2.24) is 14.9 Å². The summed E-state index contributed by atoms with van der Waals surface area (Å²) in [4.78, 5) is 17.7. The Morgan fingerprint density at radius 1 is 1.45 bits per heavy atom. The van der Waals surface area contributed by atoms with Gasteiger partial charge >= 0.3 is 0 Å². The molecule has 0 unspecified atom stereocenters. The zero-order valence-corrected chi connectivity index (χ0v) is 13.5. The van der Waals surface area contributed by atoms with Crippen LogP contribution in [-0.2, 0) is 13.6 Å². The highest BCUT2D eigenvalue weighted by molar-refractivity contribution is 7.10. The van der Waals surface area contributed by atoms with Crippen LogP contribution in [0.3, 0.4) is 0 Å². The topological polar surface area (TPSA) is 56.1 Å². The number of carbonyl (C=O) groups excluding carboxylic acids is 1. The fourth-order valence-corrected chi connectivity index (χ4v) is 3.19. The van der Waals surface area contributed by atoms with Gasteiger partial charge in [0.1, 0.15) is 5.75 Å². The minimum Gasteiger partial charge on any atom is -0.496 e. The summed E-state index contributed by atoms with van der Waals surface area (Å²) in [5.74, 6) is 0.670. The van der Waals surface area contributed by atoms with Crippen molar-refractivity contribution in [3.8, 4) is 5.75 Å². The fourth-order valence-electron chi connectivity index (χ4n) is 2.51. The second kappa shape index (κ2) is 5.81. The third kappa shape index (κ3) is 2.57. The normalized spacial score (nSPS) is 10.9. The molecule has 0 aliphatic heterocycles. The number of methoxy groups -OCH3 is 1. The Bertz CT molecular complexity index is 835. The van der Waals surface area contributed by atoms with E-state index in [9.17, 15) is 4.79 Å². The Balaban J connectivity index is 1.89. The Morgan fingerprint density at radius 2 is 2.27 bits per heavy atom. The number of aromatic nitrogens is 2. The van der Waals surface area contributed by atoms with E-state index < -0.39 is 0 Å². The molecule has 114 valence electrons. The Morgan fingerprint density at radius 3 is 2.95 bits per heavy atom. The van der Waals surface area contributed by atoms with Crippen LogP contribution < -0.4 is 10.1 Å². The number of hydrogen-bond acceptors (Lipinski definition) is 4. The Labute approximate surface area is 132 Å². The first-order valence-electron chi connectivity index (χ1n) is 6.90. The van der Waals surface area contributed by atoms with Crippen LogP contribution in [0.25, 0.3) is 11.0 Å². The number of hydrogen-bond donors (Lipinski definition) is 1. The zero-order valence-electron chi connectivity index (χ0n) is 12.7. The van der Waals surface area contributed by atoms with Crippen LogP contribution in [-0.4, -0.2) is 22.6 Å². The first kappa shape index (κ1) is 14.6. The summed E-state index contributed by atoms with van der Waals surface area (Å²) in [5.41, 5.74) is 3.49. The molecule has 0 bridgehead atoms. The number of aryl methyl sites for hydroxylation is 2. The molecule has 0 aliphatic carbocycles. The van der Waals surface area contributed by atoms with Crippen molar-refractivity contribution in [2.75, 3.05) is 7.11 Å². The lowest BCUT2D eigenvalue weighted by Gasteiger charge is -2.12. The van der Waals surface area contributed by atoms with Gasteiger partial charge in [-0.25, -0.2) is 4.98 Å². The van der Waals surface area contributed by atoms with E-state index in [1.807, 2.05) is 42.1 Å². The van der Waals surface area contributed by atoms with E-state index in [1.165, 1.54) is 0 Å². The molecule has 6 heteroatoms. The molecule has 1 N–H and O–H groups in total. The summed E-state index contributed by atoms with van der Waals surface area (Å²) >= 11 is 1.57. The van der Waals surface area contributed by atoms with Gasteiger partial charge in [0.05, 0.1) is 30.0 Å². The van der Waals surface area contributed by atoms with E-state index in [4.69, 9.17) is 4.74 Å². The van der Waals surface area contributed by atoms with Gasteiger partial charge in [0.2, 0.25) is 0 Å². The number of carbonyl (C=O) groups is 1. The Kier molecular flexibility index (Phi) is 3.85. The van der Waals surface area contributed by atoms with Crippen LogP contribution in [0.5, 0.6) is 5.75 Å². The Hall–Kier alpha value is -2.34. The number of fused-ring (bicyclic) bond motifs is 1. The van der Waals surface area contributed by atoms with Gasteiger partial charge in [-0.1, -0.05) is 0 Å². The van der Waals surface area contributed by atoms with Crippen molar-refractivity contribution in [2.24, 2.45) is 7.05 Å². The summed E-state index contributed by atoms with van der Waals surface area (Å²) in [6.07, 6.45) is 1.76. The predicted molar refractivity (Wildman–Crippen MR) is 87.5 cm³/mol. The number of benzene rings is 1. The van der Waals surface area contributed by atoms with Crippen LogP contribution in [0.2, 0.25) is 0 Å². The quantitative estimate of drug-likeness (QED) is 0.805. The molecule has 0 aliphatic rings. The molecule has 3 rings (SSSR count). The van der Waals surface area contributed by atoms with E-state index in [0.717, 1.165) is 27.2 Å². The molecule has 5 nitrogen and oxygen atoms in total. The van der Waals surface area contributed by atoms with Gasteiger partial charge in [0.25, 0.3) is 5.91 Å². The summed E-state index contributed by atoms with van der Waals surface area (Å²) in [6, 6.07) is 5.69. The molecule has 2 aromatic heterocycles. The van der Waals surface area contributed by atoms with Crippen LogP contribution in [0, 0.1) is 6.92 Å². The zero-order chi connectivity index (χ0) is 15.7. The molecule has 0 saturated carbocycles. The monoisotopic (exact) mass is 315 g/mol. The van der Waals surface area contributed by atoms with Gasteiger partial charge in [-0.15, -0.1) is 11.3 Å². The third-order valence-electron chi connectivity index (χ3n) is 3.58. The van der Waals surface area contributed by atoms with Gasteiger partial charge in [0, 0.05) is 29.4 Å². The van der Waals surface area contributed by atoms with Crippen LogP contribution in [0.4, 0.5) is 0 Å². The average Bonchev–Trinajstić information content (AvgIpc) is 3.11. The second-order valence-corrected chi connectivity index (χ2v) is 6.21. The summed E-state index contributed by atoms with van der Waals surface area (Å²) in [7, 11) is 3.56. The first-order chi connectivity index (χ1) is 10.6. The molecular formula is C16H17N3O2S. The molecule has 0 atom stereocenters. The molecule has 1 aromatic carbocycles. The number of amides is 1. The highest BCUT2D eigenvalue weighted by Crippen LogP contribution is 2.27. The number of nitrogens with one attached hydrogen (secondary N) is 1. The fraction of sp³-hybridized carbons (Fsp3) is 0.250. The van der Waals surface area contributed by atoms with Gasteiger partial charge in [-0.05, 0) is 25.1 Å². The minimum atomic E-state index is -0.0782. The lowest BCUT2D eigenvalue weighted by atomic mass is 10.1. The maximum atomic E-state index is 12.2. The number of imidazole rings is 1. The van der Waals surface area contributed by atoms with Crippen LogP contribution in [0.1, 0.15) is 20.8 Å². The molecule has 0 spiro atoms. The van der Waals surface area contributed by atoms with Crippen molar-refractivity contribution in [3.63, 3.8) is 0 Å². The van der Waals surface area contributed by atoms with Crippen LogP contribution in [0.15, 0.2) is 29.9 Å². The maximum absolute atomic E-state index is 12.2. The predicted octanol–water partition coefficient (Wildman–Crippen LogP) is 2.88. The highest BCUT2D eigenvalue weighted by atomic mass is 32.1. The molecule has 3 aromatic rings. The molecule has 1 amide bonds. The van der Waals surface area contributed by atoms with E-state index in [1.54, 1.807) is 24.8 Å². The number of rotatable bonds is 4. The second-order valence-electron chi connectivity index (χ2n) is 5.10. The van der Waals surface area contributed by atoms with Gasteiger partial charge in [0.15, 0.2) is 0 Å². The smallest absolute Gasteiger partial charge is 0.252 e. The summed E-state index contributed by atoms with van der Waals surface area (Å²) in [5, 5.41) is 4.83. The van der Waals surface area contributed by atoms with Crippen molar-refractivity contribution in [1.29, 1.82) is 0 Å². The van der Waals surface area contributed by atoms with Gasteiger partial charge in [-0.2, -0.15) is 0 Å². The molecule has 0 radical (unpaired) electrons. The first-order valence-corrected chi connectivity index (χ1v) is 7.78. The van der Waals surface area contributed by atoms with Crippen molar-refractivity contribution < 1.29 is 9.53 Å².